The van der Waals surface area contributed by atoms with Gasteiger partial charge in [0.2, 0.25) is 0 Å². The Morgan fingerprint density at radius 2 is 1.88 bits per heavy atom. The molecule has 0 N–H and O–H groups in total. The summed E-state index contributed by atoms with van der Waals surface area (Å²) in [5.74, 6) is 0. The van der Waals surface area contributed by atoms with Crippen LogP contribution in [-0.2, 0) is 9.84 Å². The summed E-state index contributed by atoms with van der Waals surface area (Å²) in [5.41, 5.74) is 4.23. The van der Waals surface area contributed by atoms with Gasteiger partial charge in [0, 0.05) is 5.41 Å². The normalized spacial score (nSPS) is 19.1. The molecule has 0 heterocycles. The van der Waals surface area contributed by atoms with Crippen molar-refractivity contribution in [1.29, 1.82) is 0 Å². The van der Waals surface area contributed by atoms with Gasteiger partial charge in [-0.3, -0.25) is 0 Å². The first kappa shape index (κ1) is 18.7. The largest absolute Gasteiger partial charge is 0.219 e. The molecule has 1 aromatic carbocycles. The highest BCUT2D eigenvalue weighted by atomic mass is 32.2. The molecule has 0 spiro atoms. The van der Waals surface area contributed by atoms with Crippen LogP contribution in [0, 0.1) is 5.41 Å². The summed E-state index contributed by atoms with van der Waals surface area (Å²) >= 11 is 0. The molecular formula is C21H28O2S. The van der Waals surface area contributed by atoms with Crippen LogP contribution in [0.15, 0.2) is 69.5 Å². The Morgan fingerprint density at radius 1 is 1.21 bits per heavy atom. The molecule has 0 saturated carbocycles. The van der Waals surface area contributed by atoms with Gasteiger partial charge >= 0.3 is 0 Å². The van der Waals surface area contributed by atoms with Crippen LogP contribution in [0.1, 0.15) is 53.4 Å². The van der Waals surface area contributed by atoms with E-state index in [1.165, 1.54) is 35.8 Å². The topological polar surface area (TPSA) is 34.1 Å². The van der Waals surface area contributed by atoms with Crippen LogP contribution < -0.4 is 0 Å². The highest BCUT2D eigenvalue weighted by molar-refractivity contribution is 7.94. The lowest BCUT2D eigenvalue weighted by Gasteiger charge is -2.34. The van der Waals surface area contributed by atoms with E-state index < -0.39 is 9.84 Å². The van der Waals surface area contributed by atoms with Crippen molar-refractivity contribution in [2.24, 2.45) is 5.41 Å². The molecule has 0 aromatic heterocycles. The first-order valence-electron chi connectivity index (χ1n) is 8.56. The van der Waals surface area contributed by atoms with Crippen molar-refractivity contribution >= 4 is 9.84 Å². The maximum atomic E-state index is 12.3. The van der Waals surface area contributed by atoms with Crippen molar-refractivity contribution in [2.45, 2.75) is 58.3 Å². The van der Waals surface area contributed by atoms with Gasteiger partial charge in [-0.15, -0.1) is 0 Å². The first-order chi connectivity index (χ1) is 11.2. The summed E-state index contributed by atoms with van der Waals surface area (Å²) in [6.45, 7) is 8.81. The summed E-state index contributed by atoms with van der Waals surface area (Å²) < 4.78 is 24.5. The van der Waals surface area contributed by atoms with E-state index in [4.69, 9.17) is 0 Å². The third-order valence-electron chi connectivity index (χ3n) is 4.90. The van der Waals surface area contributed by atoms with E-state index in [1.54, 1.807) is 30.3 Å². The van der Waals surface area contributed by atoms with Crippen molar-refractivity contribution in [3.63, 3.8) is 0 Å². The molecule has 130 valence electrons. The lowest BCUT2D eigenvalue weighted by atomic mass is 9.71. The van der Waals surface area contributed by atoms with Gasteiger partial charge in [0.05, 0.1) is 4.90 Å². The number of hydrogen-bond donors (Lipinski definition) is 0. The standard InChI is InChI=1S/C21H28O2S/c1-17(12-13-20-18(2)9-8-15-21(20,3)4)14-16-24(22,23)19-10-6-5-7-11-19/h5-7,10-12,14,16H,8-9,13,15H2,1-4H3/b16-14+,17-12+. The summed E-state index contributed by atoms with van der Waals surface area (Å²) in [4.78, 5) is 0.334. The molecule has 2 nitrogen and oxygen atoms in total. The van der Waals surface area contributed by atoms with E-state index in [2.05, 4.69) is 26.8 Å². The summed E-state index contributed by atoms with van der Waals surface area (Å²) in [6, 6.07) is 8.54. The molecule has 0 unspecified atom stereocenters. The molecule has 1 aromatic rings. The van der Waals surface area contributed by atoms with E-state index in [1.807, 2.05) is 13.0 Å². The number of rotatable bonds is 5. The molecule has 1 aliphatic rings. The van der Waals surface area contributed by atoms with E-state index in [0.717, 1.165) is 12.0 Å². The SMILES string of the molecule is CC1=C(C/C=C(C)/C=C/S(=O)(=O)c2ccccc2)C(C)(C)CCC1. The Hall–Kier alpha value is -1.61. The fourth-order valence-corrected chi connectivity index (χ4v) is 4.43. The van der Waals surface area contributed by atoms with Crippen LogP contribution in [0.5, 0.6) is 0 Å². The summed E-state index contributed by atoms with van der Waals surface area (Å²) in [6.07, 6.45) is 8.42. The Kier molecular flexibility index (Phi) is 5.87. The third-order valence-corrected chi connectivity index (χ3v) is 6.32. The molecule has 0 amide bonds. The Bertz CT molecular complexity index is 763. The number of benzene rings is 1. The minimum Gasteiger partial charge on any atom is -0.219 e. The molecule has 0 fully saturated rings. The van der Waals surface area contributed by atoms with Gasteiger partial charge in [0.25, 0.3) is 0 Å². The zero-order valence-electron chi connectivity index (χ0n) is 15.2. The van der Waals surface area contributed by atoms with Crippen molar-refractivity contribution in [1.82, 2.24) is 0 Å². The smallest absolute Gasteiger partial charge is 0.199 e. The molecule has 24 heavy (non-hydrogen) atoms. The number of hydrogen-bond acceptors (Lipinski definition) is 2. The second-order valence-electron chi connectivity index (χ2n) is 7.31. The maximum absolute atomic E-state index is 12.3. The second-order valence-corrected chi connectivity index (χ2v) is 9.14. The fraction of sp³-hybridized carbons (Fsp3) is 0.429. The maximum Gasteiger partial charge on any atom is 0.199 e. The van der Waals surface area contributed by atoms with Crippen LogP contribution in [0.4, 0.5) is 0 Å². The number of sulfone groups is 1. The molecule has 0 atom stereocenters. The van der Waals surface area contributed by atoms with Crippen LogP contribution in [0.25, 0.3) is 0 Å². The minimum absolute atomic E-state index is 0.249. The average molecular weight is 345 g/mol. The van der Waals surface area contributed by atoms with E-state index in [9.17, 15) is 8.42 Å². The van der Waals surface area contributed by atoms with Crippen LogP contribution >= 0.6 is 0 Å². The zero-order valence-corrected chi connectivity index (χ0v) is 16.0. The van der Waals surface area contributed by atoms with Gasteiger partial charge < -0.3 is 0 Å². The summed E-state index contributed by atoms with van der Waals surface area (Å²) in [7, 11) is -3.37. The van der Waals surface area contributed by atoms with Crippen LogP contribution in [0.3, 0.4) is 0 Å². The van der Waals surface area contributed by atoms with Gasteiger partial charge in [-0.1, -0.05) is 54.8 Å². The Balaban J connectivity index is 2.12. The lowest BCUT2D eigenvalue weighted by Crippen LogP contribution is -2.20. The van der Waals surface area contributed by atoms with Crippen molar-refractivity contribution in [3.8, 4) is 0 Å². The fourth-order valence-electron chi connectivity index (χ4n) is 3.34. The van der Waals surface area contributed by atoms with Crippen molar-refractivity contribution < 1.29 is 8.42 Å². The quantitative estimate of drug-likeness (QED) is 0.497. The van der Waals surface area contributed by atoms with Gasteiger partial charge in [0.15, 0.2) is 9.84 Å². The lowest BCUT2D eigenvalue weighted by molar-refractivity contribution is 0.360. The molecule has 1 aliphatic carbocycles. The van der Waals surface area contributed by atoms with Gasteiger partial charge in [0.1, 0.15) is 0 Å². The zero-order chi connectivity index (χ0) is 17.8. The Morgan fingerprint density at radius 3 is 2.50 bits per heavy atom. The van der Waals surface area contributed by atoms with Crippen molar-refractivity contribution in [3.05, 3.63) is 64.6 Å². The van der Waals surface area contributed by atoms with E-state index in [-0.39, 0.29) is 5.41 Å². The van der Waals surface area contributed by atoms with Crippen LogP contribution in [-0.4, -0.2) is 8.42 Å². The first-order valence-corrected chi connectivity index (χ1v) is 10.1. The average Bonchev–Trinajstić information content (AvgIpc) is 2.53. The minimum atomic E-state index is -3.37. The van der Waals surface area contributed by atoms with Crippen molar-refractivity contribution in [2.75, 3.05) is 0 Å². The highest BCUT2D eigenvalue weighted by Gasteiger charge is 2.27. The predicted molar refractivity (Wildman–Crippen MR) is 101 cm³/mol. The second kappa shape index (κ2) is 7.52. The monoisotopic (exact) mass is 344 g/mol. The van der Waals surface area contributed by atoms with Gasteiger partial charge in [-0.2, -0.15) is 0 Å². The van der Waals surface area contributed by atoms with E-state index >= 15 is 0 Å². The van der Waals surface area contributed by atoms with Gasteiger partial charge in [-0.05, 0) is 63.2 Å². The Labute approximate surface area is 146 Å². The molecule has 0 bridgehead atoms. The molecule has 0 saturated heterocycles. The van der Waals surface area contributed by atoms with E-state index in [0.29, 0.717) is 4.90 Å². The highest BCUT2D eigenvalue weighted by Crippen LogP contribution is 2.42. The molecule has 0 radical (unpaired) electrons. The third kappa shape index (κ3) is 4.70. The molecule has 0 aliphatic heterocycles. The molecule has 3 heteroatoms. The summed E-state index contributed by atoms with van der Waals surface area (Å²) in [5, 5.41) is 1.31. The molecular weight excluding hydrogens is 316 g/mol. The van der Waals surface area contributed by atoms with Crippen LogP contribution in [0.2, 0.25) is 0 Å². The number of allylic oxidation sites excluding steroid dienone is 5. The predicted octanol–water partition coefficient (Wildman–Crippen LogP) is 5.84. The van der Waals surface area contributed by atoms with Gasteiger partial charge in [-0.25, -0.2) is 8.42 Å². The molecule has 2 rings (SSSR count).